The molecule has 1 saturated carbocycles. The Hall–Kier alpha value is -1.88. The zero-order valence-electron chi connectivity index (χ0n) is 15.4. The van der Waals surface area contributed by atoms with Crippen LogP contribution >= 0.6 is 0 Å². The molecule has 0 bridgehead atoms. The summed E-state index contributed by atoms with van der Waals surface area (Å²) in [5.41, 5.74) is 2.20. The molecule has 2 amide bonds. The van der Waals surface area contributed by atoms with Gasteiger partial charge in [-0.15, -0.1) is 0 Å². The van der Waals surface area contributed by atoms with Crippen LogP contribution in [0, 0.1) is 12.8 Å². The van der Waals surface area contributed by atoms with Crippen LogP contribution in [0.2, 0.25) is 0 Å². The van der Waals surface area contributed by atoms with Crippen LogP contribution in [0.3, 0.4) is 0 Å². The molecule has 3 rings (SSSR count). The molecular weight excluding hydrogens is 314 g/mol. The Kier molecular flexibility index (Phi) is 5.42. The third-order valence-corrected chi connectivity index (χ3v) is 5.35. The molecule has 0 spiro atoms. The Labute approximate surface area is 150 Å². The van der Waals surface area contributed by atoms with Gasteiger partial charge >= 0.3 is 0 Å². The second-order valence-electron chi connectivity index (χ2n) is 7.75. The smallest absolute Gasteiger partial charge is 0.251 e. The molecule has 5 nitrogen and oxygen atoms in total. The summed E-state index contributed by atoms with van der Waals surface area (Å²) in [6.07, 6.45) is 5.87. The van der Waals surface area contributed by atoms with Gasteiger partial charge in [0.2, 0.25) is 5.91 Å². The second-order valence-corrected chi connectivity index (χ2v) is 7.75. The third-order valence-electron chi connectivity index (χ3n) is 5.35. The molecular formula is C20H29N3O2. The lowest BCUT2D eigenvalue weighted by molar-refractivity contribution is -0.117. The van der Waals surface area contributed by atoms with E-state index in [4.69, 9.17) is 0 Å². The molecule has 136 valence electrons. The summed E-state index contributed by atoms with van der Waals surface area (Å²) in [7, 11) is 0. The quantitative estimate of drug-likeness (QED) is 0.787. The van der Waals surface area contributed by atoms with E-state index in [0.717, 1.165) is 12.0 Å². The fraction of sp³-hybridized carbons (Fsp3) is 0.600. The predicted octanol–water partition coefficient (Wildman–Crippen LogP) is 2.99. The number of hydrogen-bond acceptors (Lipinski definition) is 3. The van der Waals surface area contributed by atoms with Gasteiger partial charge in [-0.25, -0.2) is 0 Å². The van der Waals surface area contributed by atoms with E-state index in [2.05, 4.69) is 16.0 Å². The summed E-state index contributed by atoms with van der Waals surface area (Å²) in [5, 5.41) is 9.39. The van der Waals surface area contributed by atoms with E-state index >= 15 is 0 Å². The van der Waals surface area contributed by atoms with Crippen LogP contribution in [0.15, 0.2) is 18.2 Å². The molecule has 1 aliphatic heterocycles. The van der Waals surface area contributed by atoms with Gasteiger partial charge in [0.15, 0.2) is 0 Å². The van der Waals surface area contributed by atoms with Crippen molar-refractivity contribution in [2.24, 2.45) is 5.92 Å². The van der Waals surface area contributed by atoms with E-state index in [0.29, 0.717) is 23.2 Å². The highest BCUT2D eigenvalue weighted by molar-refractivity contribution is 5.99. The number of aryl methyl sites for hydroxylation is 1. The summed E-state index contributed by atoms with van der Waals surface area (Å²) < 4.78 is 0. The van der Waals surface area contributed by atoms with Gasteiger partial charge in [0.1, 0.15) is 0 Å². The predicted molar refractivity (Wildman–Crippen MR) is 99.7 cm³/mol. The molecule has 1 heterocycles. The Bertz CT molecular complexity index is 642. The van der Waals surface area contributed by atoms with Crippen LogP contribution in [0.4, 0.5) is 5.69 Å². The molecule has 3 atom stereocenters. The molecule has 5 heteroatoms. The first kappa shape index (κ1) is 17.9. The van der Waals surface area contributed by atoms with Crippen molar-refractivity contribution in [3.63, 3.8) is 0 Å². The number of carbonyl (C=O) groups excluding carboxylic acids is 2. The first-order valence-electron chi connectivity index (χ1n) is 9.42. The van der Waals surface area contributed by atoms with Gasteiger partial charge < -0.3 is 16.0 Å². The summed E-state index contributed by atoms with van der Waals surface area (Å²) in [5.74, 6) is 0.539. The maximum atomic E-state index is 12.6. The van der Waals surface area contributed by atoms with Gasteiger partial charge in [0, 0.05) is 23.3 Å². The largest absolute Gasteiger partial charge is 0.350 e. The SMILES string of the molecule is Cc1ccc(NC(=O)C2CC3CCCCC3N2)cc1C(=O)NC(C)C. The maximum absolute atomic E-state index is 12.6. The molecule has 0 radical (unpaired) electrons. The van der Waals surface area contributed by atoms with E-state index in [1.165, 1.54) is 25.7 Å². The summed E-state index contributed by atoms with van der Waals surface area (Å²) in [6, 6.07) is 5.97. The lowest BCUT2D eigenvalue weighted by atomic mass is 9.85. The van der Waals surface area contributed by atoms with Gasteiger partial charge in [-0.1, -0.05) is 18.9 Å². The van der Waals surface area contributed by atoms with Gasteiger partial charge in [-0.05, 0) is 63.6 Å². The Morgan fingerprint density at radius 1 is 1.20 bits per heavy atom. The number of nitrogens with one attached hydrogen (secondary N) is 3. The lowest BCUT2D eigenvalue weighted by Crippen LogP contribution is -2.40. The molecule has 0 aromatic heterocycles. The normalized spacial score (nSPS) is 25.5. The fourth-order valence-electron chi connectivity index (χ4n) is 4.03. The summed E-state index contributed by atoms with van der Waals surface area (Å²) in [4.78, 5) is 24.9. The number of rotatable bonds is 4. The minimum atomic E-state index is -0.123. The number of hydrogen-bond donors (Lipinski definition) is 3. The maximum Gasteiger partial charge on any atom is 0.251 e. The van der Waals surface area contributed by atoms with Crippen molar-refractivity contribution in [3.8, 4) is 0 Å². The first-order chi connectivity index (χ1) is 11.9. The van der Waals surface area contributed by atoms with E-state index in [-0.39, 0.29) is 23.9 Å². The second kappa shape index (κ2) is 7.56. The van der Waals surface area contributed by atoms with Crippen molar-refractivity contribution in [2.45, 2.75) is 71.0 Å². The standard InChI is InChI=1S/C20H29N3O2/c1-12(2)21-19(24)16-11-15(9-8-13(16)3)22-20(25)18-10-14-6-4-5-7-17(14)23-18/h8-9,11-12,14,17-18,23H,4-7,10H2,1-3H3,(H,21,24)(H,22,25). The zero-order chi connectivity index (χ0) is 18.0. The number of carbonyl (C=O) groups is 2. The summed E-state index contributed by atoms with van der Waals surface area (Å²) >= 11 is 0. The zero-order valence-corrected chi connectivity index (χ0v) is 15.4. The minimum absolute atomic E-state index is 0.00784. The van der Waals surface area contributed by atoms with Crippen LogP contribution < -0.4 is 16.0 Å². The average molecular weight is 343 g/mol. The van der Waals surface area contributed by atoms with Crippen molar-refractivity contribution in [2.75, 3.05) is 5.32 Å². The highest BCUT2D eigenvalue weighted by atomic mass is 16.2. The van der Waals surface area contributed by atoms with Crippen molar-refractivity contribution in [1.82, 2.24) is 10.6 Å². The molecule has 3 unspecified atom stereocenters. The summed E-state index contributed by atoms with van der Waals surface area (Å²) in [6.45, 7) is 5.78. The van der Waals surface area contributed by atoms with E-state index in [1.807, 2.05) is 32.9 Å². The molecule has 2 aliphatic rings. The topological polar surface area (TPSA) is 70.2 Å². The number of anilines is 1. The van der Waals surface area contributed by atoms with Gasteiger partial charge in [-0.2, -0.15) is 0 Å². The van der Waals surface area contributed by atoms with Crippen LogP contribution in [0.5, 0.6) is 0 Å². The van der Waals surface area contributed by atoms with Crippen LogP contribution in [-0.2, 0) is 4.79 Å². The number of amides is 2. The van der Waals surface area contributed by atoms with Gasteiger partial charge in [0.05, 0.1) is 6.04 Å². The van der Waals surface area contributed by atoms with Crippen molar-refractivity contribution in [1.29, 1.82) is 0 Å². The fourth-order valence-corrected chi connectivity index (χ4v) is 4.03. The highest BCUT2D eigenvalue weighted by Gasteiger charge is 2.38. The van der Waals surface area contributed by atoms with E-state index in [9.17, 15) is 9.59 Å². The lowest BCUT2D eigenvalue weighted by Gasteiger charge is -2.24. The Morgan fingerprint density at radius 2 is 1.96 bits per heavy atom. The van der Waals surface area contributed by atoms with Crippen molar-refractivity contribution in [3.05, 3.63) is 29.3 Å². The van der Waals surface area contributed by atoms with Crippen molar-refractivity contribution >= 4 is 17.5 Å². The number of fused-ring (bicyclic) bond motifs is 1. The van der Waals surface area contributed by atoms with E-state index < -0.39 is 0 Å². The first-order valence-corrected chi connectivity index (χ1v) is 9.42. The van der Waals surface area contributed by atoms with Crippen LogP contribution in [-0.4, -0.2) is 29.9 Å². The van der Waals surface area contributed by atoms with Gasteiger partial charge in [-0.3, -0.25) is 9.59 Å². The molecule has 1 saturated heterocycles. The van der Waals surface area contributed by atoms with E-state index in [1.54, 1.807) is 6.07 Å². The molecule has 2 fully saturated rings. The van der Waals surface area contributed by atoms with Crippen molar-refractivity contribution < 1.29 is 9.59 Å². The van der Waals surface area contributed by atoms with Crippen LogP contribution in [0.25, 0.3) is 0 Å². The highest BCUT2D eigenvalue weighted by Crippen LogP contribution is 2.33. The number of benzene rings is 1. The third kappa shape index (κ3) is 4.21. The average Bonchev–Trinajstić information content (AvgIpc) is 3.00. The Morgan fingerprint density at radius 3 is 2.68 bits per heavy atom. The Balaban J connectivity index is 1.66. The van der Waals surface area contributed by atoms with Gasteiger partial charge in [0.25, 0.3) is 5.91 Å². The molecule has 25 heavy (non-hydrogen) atoms. The molecule has 1 aromatic rings. The molecule has 1 aromatic carbocycles. The van der Waals surface area contributed by atoms with Crippen LogP contribution in [0.1, 0.15) is 61.9 Å². The molecule has 3 N–H and O–H groups in total. The minimum Gasteiger partial charge on any atom is -0.350 e. The monoisotopic (exact) mass is 343 g/mol. The molecule has 1 aliphatic carbocycles.